The Hall–Kier alpha value is -1.16. The highest BCUT2D eigenvalue weighted by Gasteiger charge is 2.16. The Labute approximate surface area is 103 Å². The topological polar surface area (TPSA) is 41.1 Å². The first kappa shape index (κ1) is 12.3. The lowest BCUT2D eigenvalue weighted by molar-refractivity contribution is 0.402. The number of aromatic nitrogens is 2. The quantitative estimate of drug-likeness (QED) is 0.864. The van der Waals surface area contributed by atoms with E-state index in [0.29, 0.717) is 6.04 Å². The van der Waals surface area contributed by atoms with Gasteiger partial charge in [0.25, 0.3) is 0 Å². The summed E-state index contributed by atoms with van der Waals surface area (Å²) in [6, 6.07) is 2.59. The summed E-state index contributed by atoms with van der Waals surface area (Å²) >= 11 is 0. The van der Waals surface area contributed by atoms with Crippen LogP contribution in [0.4, 0.5) is 5.95 Å². The van der Waals surface area contributed by atoms with Crippen LogP contribution in [0.15, 0.2) is 6.07 Å². The van der Waals surface area contributed by atoms with Gasteiger partial charge in [0, 0.05) is 31.0 Å². The Bertz CT molecular complexity index is 351. The van der Waals surface area contributed by atoms with Crippen LogP contribution in [-0.2, 0) is 0 Å². The SMILES string of the molecule is Cc1cc(C)nc(N(C)CC2CCCCN2)n1. The first-order valence-corrected chi connectivity index (χ1v) is 6.42. The van der Waals surface area contributed by atoms with E-state index in [1.807, 2.05) is 19.9 Å². The number of rotatable bonds is 3. The molecular weight excluding hydrogens is 212 g/mol. The number of aryl methyl sites for hydroxylation is 2. The zero-order valence-corrected chi connectivity index (χ0v) is 11.0. The fraction of sp³-hybridized carbons (Fsp3) is 0.692. The summed E-state index contributed by atoms with van der Waals surface area (Å²) in [5, 5.41) is 3.55. The van der Waals surface area contributed by atoms with E-state index in [4.69, 9.17) is 0 Å². The predicted octanol–water partition coefficient (Wildman–Crippen LogP) is 1.67. The molecule has 94 valence electrons. The zero-order chi connectivity index (χ0) is 12.3. The van der Waals surface area contributed by atoms with Gasteiger partial charge >= 0.3 is 0 Å². The van der Waals surface area contributed by atoms with Gasteiger partial charge in [0.2, 0.25) is 5.95 Å². The monoisotopic (exact) mass is 234 g/mol. The van der Waals surface area contributed by atoms with Gasteiger partial charge in [0.15, 0.2) is 0 Å². The minimum absolute atomic E-state index is 0.582. The van der Waals surface area contributed by atoms with Crippen molar-refractivity contribution in [3.05, 3.63) is 17.5 Å². The van der Waals surface area contributed by atoms with Gasteiger partial charge in [0.1, 0.15) is 0 Å². The Balaban J connectivity index is 2.00. The van der Waals surface area contributed by atoms with Crippen molar-refractivity contribution in [2.75, 3.05) is 25.0 Å². The number of hydrogen-bond donors (Lipinski definition) is 1. The molecule has 1 unspecified atom stereocenters. The third-order valence-corrected chi connectivity index (χ3v) is 3.22. The maximum absolute atomic E-state index is 4.49. The summed E-state index contributed by atoms with van der Waals surface area (Å²) in [5.74, 6) is 0.842. The molecule has 1 aromatic heterocycles. The normalized spacial score (nSPS) is 20.3. The molecule has 4 heteroatoms. The van der Waals surface area contributed by atoms with Crippen LogP contribution in [0, 0.1) is 13.8 Å². The molecule has 4 nitrogen and oxygen atoms in total. The highest BCUT2D eigenvalue weighted by Crippen LogP contribution is 2.12. The van der Waals surface area contributed by atoms with Gasteiger partial charge < -0.3 is 10.2 Å². The molecular formula is C13H22N4. The van der Waals surface area contributed by atoms with E-state index in [1.54, 1.807) is 0 Å². The summed E-state index contributed by atoms with van der Waals surface area (Å²) in [5.41, 5.74) is 2.08. The summed E-state index contributed by atoms with van der Waals surface area (Å²) < 4.78 is 0. The van der Waals surface area contributed by atoms with Crippen LogP contribution in [0.25, 0.3) is 0 Å². The van der Waals surface area contributed by atoms with Crippen LogP contribution >= 0.6 is 0 Å². The van der Waals surface area contributed by atoms with Crippen molar-refractivity contribution in [2.45, 2.75) is 39.2 Å². The third-order valence-electron chi connectivity index (χ3n) is 3.22. The van der Waals surface area contributed by atoms with E-state index in [-0.39, 0.29) is 0 Å². The number of anilines is 1. The lowest BCUT2D eigenvalue weighted by atomic mass is 10.0. The van der Waals surface area contributed by atoms with Crippen molar-refractivity contribution in [3.8, 4) is 0 Å². The summed E-state index contributed by atoms with van der Waals surface area (Å²) in [4.78, 5) is 11.1. The van der Waals surface area contributed by atoms with Gasteiger partial charge in [-0.1, -0.05) is 6.42 Å². The second kappa shape index (κ2) is 5.45. The van der Waals surface area contributed by atoms with Crippen LogP contribution in [0.3, 0.4) is 0 Å². The molecule has 0 aliphatic carbocycles. The second-order valence-corrected chi connectivity index (χ2v) is 4.98. The number of nitrogens with zero attached hydrogens (tertiary/aromatic N) is 3. The second-order valence-electron chi connectivity index (χ2n) is 4.98. The van der Waals surface area contributed by atoms with E-state index < -0.39 is 0 Å². The van der Waals surface area contributed by atoms with Crippen molar-refractivity contribution in [1.29, 1.82) is 0 Å². The molecule has 0 spiro atoms. The van der Waals surface area contributed by atoms with E-state index in [2.05, 4.69) is 27.2 Å². The smallest absolute Gasteiger partial charge is 0.225 e. The highest BCUT2D eigenvalue weighted by atomic mass is 15.2. The summed E-state index contributed by atoms with van der Waals surface area (Å²) in [6.45, 7) is 6.17. The van der Waals surface area contributed by atoms with Gasteiger partial charge in [0.05, 0.1) is 0 Å². The number of piperidine rings is 1. The van der Waals surface area contributed by atoms with Crippen molar-refractivity contribution in [1.82, 2.24) is 15.3 Å². The molecule has 2 heterocycles. The van der Waals surface area contributed by atoms with E-state index in [0.717, 1.165) is 30.4 Å². The molecule has 1 aliphatic rings. The molecule has 1 aliphatic heterocycles. The Morgan fingerprint density at radius 3 is 2.59 bits per heavy atom. The van der Waals surface area contributed by atoms with Gasteiger partial charge in [-0.3, -0.25) is 0 Å². The van der Waals surface area contributed by atoms with Crippen LogP contribution < -0.4 is 10.2 Å². The van der Waals surface area contributed by atoms with Gasteiger partial charge in [-0.05, 0) is 39.3 Å². The van der Waals surface area contributed by atoms with Gasteiger partial charge in [-0.15, -0.1) is 0 Å². The molecule has 1 saturated heterocycles. The highest BCUT2D eigenvalue weighted by molar-refractivity contribution is 5.31. The first-order chi connectivity index (χ1) is 8.15. The Morgan fingerprint density at radius 1 is 1.29 bits per heavy atom. The van der Waals surface area contributed by atoms with Crippen molar-refractivity contribution in [3.63, 3.8) is 0 Å². The van der Waals surface area contributed by atoms with Crippen LogP contribution in [0.1, 0.15) is 30.7 Å². The van der Waals surface area contributed by atoms with Crippen LogP contribution in [0.2, 0.25) is 0 Å². The molecule has 0 radical (unpaired) electrons. The van der Waals surface area contributed by atoms with E-state index in [9.17, 15) is 0 Å². The fourth-order valence-electron chi connectivity index (χ4n) is 2.37. The summed E-state index contributed by atoms with van der Waals surface area (Å²) in [6.07, 6.45) is 3.90. The fourth-order valence-corrected chi connectivity index (χ4v) is 2.37. The minimum atomic E-state index is 0.582. The summed E-state index contributed by atoms with van der Waals surface area (Å²) in [7, 11) is 2.07. The first-order valence-electron chi connectivity index (χ1n) is 6.42. The number of likely N-dealkylation sites (N-methyl/N-ethyl adjacent to an activating group) is 1. The molecule has 2 rings (SSSR count). The average molecular weight is 234 g/mol. The minimum Gasteiger partial charge on any atom is -0.342 e. The van der Waals surface area contributed by atoms with Crippen LogP contribution in [0.5, 0.6) is 0 Å². The molecule has 1 aromatic rings. The van der Waals surface area contributed by atoms with Crippen molar-refractivity contribution in [2.24, 2.45) is 0 Å². The van der Waals surface area contributed by atoms with Gasteiger partial charge in [-0.2, -0.15) is 0 Å². The Morgan fingerprint density at radius 2 is 2.00 bits per heavy atom. The van der Waals surface area contributed by atoms with E-state index in [1.165, 1.54) is 19.3 Å². The average Bonchev–Trinajstić information content (AvgIpc) is 2.29. The number of hydrogen-bond acceptors (Lipinski definition) is 4. The standard InChI is InChI=1S/C13H22N4/c1-10-8-11(2)16-13(15-10)17(3)9-12-6-4-5-7-14-12/h8,12,14H,4-7,9H2,1-3H3. The molecule has 17 heavy (non-hydrogen) atoms. The maximum atomic E-state index is 4.49. The number of nitrogens with one attached hydrogen (secondary N) is 1. The molecule has 0 aromatic carbocycles. The lowest BCUT2D eigenvalue weighted by Crippen LogP contribution is -2.43. The predicted molar refractivity (Wildman–Crippen MR) is 70.4 cm³/mol. The van der Waals surface area contributed by atoms with Crippen LogP contribution in [-0.4, -0.2) is 36.1 Å². The Kier molecular flexibility index (Phi) is 3.94. The molecule has 0 bridgehead atoms. The molecule has 0 amide bonds. The molecule has 1 fully saturated rings. The third kappa shape index (κ3) is 3.40. The maximum Gasteiger partial charge on any atom is 0.225 e. The lowest BCUT2D eigenvalue weighted by Gasteiger charge is -2.28. The van der Waals surface area contributed by atoms with Crippen molar-refractivity contribution >= 4 is 5.95 Å². The van der Waals surface area contributed by atoms with Crippen molar-refractivity contribution < 1.29 is 0 Å². The van der Waals surface area contributed by atoms with E-state index >= 15 is 0 Å². The molecule has 0 saturated carbocycles. The van der Waals surface area contributed by atoms with Gasteiger partial charge in [-0.25, -0.2) is 9.97 Å². The molecule has 1 N–H and O–H groups in total. The largest absolute Gasteiger partial charge is 0.342 e. The zero-order valence-electron chi connectivity index (χ0n) is 11.0. The molecule has 1 atom stereocenters.